The van der Waals surface area contributed by atoms with Gasteiger partial charge in [-0.15, -0.1) is 0 Å². The van der Waals surface area contributed by atoms with E-state index in [0.29, 0.717) is 0 Å². The van der Waals surface area contributed by atoms with E-state index in [1.54, 1.807) is 0 Å². The molecule has 0 bridgehead atoms. The van der Waals surface area contributed by atoms with E-state index in [2.05, 4.69) is 22.9 Å². The lowest BCUT2D eigenvalue weighted by Gasteiger charge is -2.17. The summed E-state index contributed by atoms with van der Waals surface area (Å²) in [6.45, 7) is 3.22. The van der Waals surface area contributed by atoms with Crippen LogP contribution < -0.4 is 4.74 Å². The molecule has 0 spiro atoms. The fraction of sp³-hybridized carbons (Fsp3) is 0.600. The number of benzene rings is 1. The average molecular weight is 297 g/mol. The predicted octanol–water partition coefficient (Wildman–Crippen LogP) is 4.66. The van der Waals surface area contributed by atoms with E-state index in [1.165, 1.54) is 25.7 Å². The number of ether oxygens (including phenoxy) is 1. The molecule has 0 N–H and O–H groups in total. The maximum Gasteiger partial charge on any atom is 0.119 e. The van der Waals surface area contributed by atoms with E-state index in [9.17, 15) is 0 Å². The van der Waals surface area contributed by atoms with Crippen LogP contribution in [-0.4, -0.2) is 11.4 Å². The largest absolute Gasteiger partial charge is 0.494 e. The minimum Gasteiger partial charge on any atom is -0.494 e. The molecule has 1 aliphatic carbocycles. The van der Waals surface area contributed by atoms with Crippen molar-refractivity contribution in [1.82, 2.24) is 0 Å². The second-order valence-electron chi connectivity index (χ2n) is 5.02. The molecule has 0 aliphatic heterocycles. The SMILES string of the molecule is CC1C(Br)CCC1CCCOc1ccccc1. The Hall–Kier alpha value is -0.500. The summed E-state index contributed by atoms with van der Waals surface area (Å²) < 4.78 is 5.72. The Morgan fingerprint density at radius 1 is 1.24 bits per heavy atom. The van der Waals surface area contributed by atoms with Gasteiger partial charge in [-0.3, -0.25) is 0 Å². The van der Waals surface area contributed by atoms with Gasteiger partial charge in [-0.1, -0.05) is 41.1 Å². The van der Waals surface area contributed by atoms with Gasteiger partial charge in [0.25, 0.3) is 0 Å². The molecule has 1 fully saturated rings. The Morgan fingerprint density at radius 2 is 2.00 bits per heavy atom. The highest BCUT2D eigenvalue weighted by molar-refractivity contribution is 9.09. The summed E-state index contributed by atoms with van der Waals surface area (Å²) in [5.74, 6) is 2.70. The zero-order valence-electron chi connectivity index (χ0n) is 10.4. The number of alkyl halides is 1. The normalized spacial score (nSPS) is 28.2. The summed E-state index contributed by atoms with van der Waals surface area (Å²) in [5.41, 5.74) is 0. The van der Waals surface area contributed by atoms with Crippen molar-refractivity contribution >= 4 is 15.9 Å². The first-order valence-corrected chi connectivity index (χ1v) is 7.51. The van der Waals surface area contributed by atoms with Gasteiger partial charge in [-0.2, -0.15) is 0 Å². The molecule has 0 aromatic heterocycles. The van der Waals surface area contributed by atoms with Crippen LogP contribution in [-0.2, 0) is 0 Å². The maximum absolute atomic E-state index is 5.72. The lowest BCUT2D eigenvalue weighted by atomic mass is 9.93. The highest BCUT2D eigenvalue weighted by atomic mass is 79.9. The molecule has 17 heavy (non-hydrogen) atoms. The summed E-state index contributed by atoms with van der Waals surface area (Å²) in [6.07, 6.45) is 5.19. The maximum atomic E-state index is 5.72. The number of hydrogen-bond donors (Lipinski definition) is 0. The van der Waals surface area contributed by atoms with Gasteiger partial charge in [-0.25, -0.2) is 0 Å². The molecule has 94 valence electrons. The smallest absolute Gasteiger partial charge is 0.119 e. The Labute approximate surface area is 113 Å². The molecular formula is C15H21BrO. The molecule has 3 unspecified atom stereocenters. The van der Waals surface area contributed by atoms with Crippen LogP contribution in [0.4, 0.5) is 0 Å². The van der Waals surface area contributed by atoms with Gasteiger partial charge in [-0.05, 0) is 49.7 Å². The minimum atomic E-state index is 0.738. The van der Waals surface area contributed by atoms with Gasteiger partial charge in [0.05, 0.1) is 6.61 Å². The first-order valence-electron chi connectivity index (χ1n) is 6.59. The second kappa shape index (κ2) is 6.44. The van der Waals surface area contributed by atoms with Crippen molar-refractivity contribution in [3.05, 3.63) is 30.3 Å². The Kier molecular flexibility index (Phi) is 4.90. The molecule has 2 heteroatoms. The van der Waals surface area contributed by atoms with Crippen LogP contribution in [0.3, 0.4) is 0 Å². The molecule has 1 aromatic rings. The number of para-hydroxylation sites is 1. The van der Waals surface area contributed by atoms with Crippen LogP contribution in [0.5, 0.6) is 5.75 Å². The first kappa shape index (κ1) is 12.9. The highest BCUT2D eigenvalue weighted by Crippen LogP contribution is 2.38. The van der Waals surface area contributed by atoms with Crippen molar-refractivity contribution in [2.45, 2.75) is 37.4 Å². The fourth-order valence-electron chi connectivity index (χ4n) is 2.65. The zero-order chi connectivity index (χ0) is 12.1. The van der Waals surface area contributed by atoms with Crippen molar-refractivity contribution in [2.24, 2.45) is 11.8 Å². The quantitative estimate of drug-likeness (QED) is 0.567. The van der Waals surface area contributed by atoms with Crippen LogP contribution in [0.2, 0.25) is 0 Å². The van der Waals surface area contributed by atoms with Crippen LogP contribution >= 0.6 is 15.9 Å². The summed E-state index contributed by atoms with van der Waals surface area (Å²) in [7, 11) is 0. The van der Waals surface area contributed by atoms with Crippen LogP contribution in [0.25, 0.3) is 0 Å². The third kappa shape index (κ3) is 3.74. The Morgan fingerprint density at radius 3 is 2.65 bits per heavy atom. The minimum absolute atomic E-state index is 0.738. The van der Waals surface area contributed by atoms with E-state index in [0.717, 1.165) is 29.0 Å². The Bertz CT molecular complexity index is 325. The van der Waals surface area contributed by atoms with Crippen LogP contribution in [0, 0.1) is 11.8 Å². The van der Waals surface area contributed by atoms with Gasteiger partial charge >= 0.3 is 0 Å². The standard InChI is InChI=1S/C15H21BrO/c1-12-13(9-10-15(12)16)6-5-11-17-14-7-3-2-4-8-14/h2-4,7-8,12-13,15H,5-6,9-11H2,1H3. The lowest BCUT2D eigenvalue weighted by Crippen LogP contribution is -2.11. The third-order valence-corrected chi connectivity index (χ3v) is 5.15. The van der Waals surface area contributed by atoms with E-state index in [1.807, 2.05) is 30.3 Å². The molecule has 0 saturated heterocycles. The Balaban J connectivity index is 1.64. The van der Waals surface area contributed by atoms with Gasteiger partial charge in [0.15, 0.2) is 0 Å². The van der Waals surface area contributed by atoms with Gasteiger partial charge < -0.3 is 4.74 Å². The molecule has 1 saturated carbocycles. The van der Waals surface area contributed by atoms with Gasteiger partial charge in [0.1, 0.15) is 5.75 Å². The molecule has 1 aromatic carbocycles. The fourth-order valence-corrected chi connectivity index (χ4v) is 3.35. The number of hydrogen-bond acceptors (Lipinski definition) is 1. The summed E-state index contributed by atoms with van der Waals surface area (Å²) >= 11 is 3.76. The van der Waals surface area contributed by atoms with Gasteiger partial charge in [0.2, 0.25) is 0 Å². The van der Waals surface area contributed by atoms with Crippen molar-refractivity contribution < 1.29 is 4.74 Å². The summed E-state index contributed by atoms with van der Waals surface area (Å²) in [6, 6.07) is 10.1. The molecule has 1 nitrogen and oxygen atoms in total. The molecule has 3 atom stereocenters. The molecule has 1 aliphatic rings. The topological polar surface area (TPSA) is 9.23 Å². The van der Waals surface area contributed by atoms with Crippen LogP contribution in [0.1, 0.15) is 32.6 Å². The van der Waals surface area contributed by atoms with E-state index < -0.39 is 0 Å². The number of rotatable bonds is 5. The van der Waals surface area contributed by atoms with E-state index >= 15 is 0 Å². The predicted molar refractivity (Wildman–Crippen MR) is 75.8 cm³/mol. The molecular weight excluding hydrogens is 276 g/mol. The molecule has 0 heterocycles. The summed E-state index contributed by atoms with van der Waals surface area (Å²) in [4.78, 5) is 0.738. The zero-order valence-corrected chi connectivity index (χ0v) is 12.0. The first-order chi connectivity index (χ1) is 8.27. The van der Waals surface area contributed by atoms with Crippen LogP contribution in [0.15, 0.2) is 30.3 Å². The van der Waals surface area contributed by atoms with Gasteiger partial charge in [0, 0.05) is 4.83 Å². The third-order valence-electron chi connectivity index (χ3n) is 3.86. The van der Waals surface area contributed by atoms with Crippen molar-refractivity contribution in [3.63, 3.8) is 0 Å². The number of halogens is 1. The molecule has 0 radical (unpaired) electrons. The highest BCUT2D eigenvalue weighted by Gasteiger charge is 2.30. The van der Waals surface area contributed by atoms with Crippen molar-refractivity contribution in [2.75, 3.05) is 6.61 Å². The van der Waals surface area contributed by atoms with Crippen molar-refractivity contribution in [1.29, 1.82) is 0 Å². The van der Waals surface area contributed by atoms with E-state index in [4.69, 9.17) is 4.74 Å². The van der Waals surface area contributed by atoms with E-state index in [-0.39, 0.29) is 0 Å². The second-order valence-corrected chi connectivity index (χ2v) is 6.19. The average Bonchev–Trinajstić information content (AvgIpc) is 2.67. The monoisotopic (exact) mass is 296 g/mol. The summed E-state index contributed by atoms with van der Waals surface area (Å²) in [5, 5.41) is 0. The lowest BCUT2D eigenvalue weighted by molar-refractivity contribution is 0.280. The molecule has 2 rings (SSSR count). The van der Waals surface area contributed by atoms with Crippen molar-refractivity contribution in [3.8, 4) is 5.75 Å². The molecule has 0 amide bonds.